The zero-order chi connectivity index (χ0) is 14.9. The first kappa shape index (κ1) is 37.3. The van der Waals surface area contributed by atoms with E-state index in [0.29, 0.717) is 0 Å². The second-order valence-electron chi connectivity index (χ2n) is 4.43. The van der Waals surface area contributed by atoms with Crippen LogP contribution in [0.25, 0.3) is 21.5 Å². The molecule has 0 fully saturated rings. The molecule has 27 heavy (non-hydrogen) atoms. The first-order chi connectivity index (χ1) is 10.3. The van der Waals surface area contributed by atoms with Gasteiger partial charge in [-0.2, -0.15) is 35.0 Å². The summed E-state index contributed by atoms with van der Waals surface area (Å²) in [6, 6.07) is 29.3. The molecule has 148 valence electrons. The Morgan fingerprint density at radius 2 is 0.852 bits per heavy atom. The van der Waals surface area contributed by atoms with Gasteiger partial charge in [0.2, 0.25) is 0 Å². The Balaban J connectivity index is -0.0000000876. The molecule has 0 nitrogen and oxygen atoms in total. The summed E-state index contributed by atoms with van der Waals surface area (Å²) in [6.07, 6.45) is 0. The van der Waals surface area contributed by atoms with E-state index >= 15 is 0 Å². The predicted octanol–water partition coefficient (Wildman–Crippen LogP) is 7.00. The van der Waals surface area contributed by atoms with Crippen molar-refractivity contribution >= 4 is 60.1 Å². The van der Waals surface area contributed by atoms with Crippen LogP contribution in [0, 0.1) is 29.7 Å². The third-order valence-corrected chi connectivity index (χ3v) is 3.10. The maximum Gasteiger partial charge on any atom is -0.0809 e. The van der Waals surface area contributed by atoms with Crippen LogP contribution >= 0.6 is 24.8 Å². The van der Waals surface area contributed by atoms with E-state index in [0.717, 1.165) is 0 Å². The van der Waals surface area contributed by atoms with Gasteiger partial charge >= 0.3 is 34.2 Å². The number of benzene rings is 2. The second kappa shape index (κ2) is 21.9. The third kappa shape index (κ3) is 12.6. The van der Waals surface area contributed by atoms with E-state index < -0.39 is 0 Å². The van der Waals surface area contributed by atoms with Crippen molar-refractivity contribution < 1.29 is 20.5 Å². The Hall–Kier alpha value is -0.443. The normalized spacial score (nSPS) is 7.11. The summed E-state index contributed by atoms with van der Waals surface area (Å²) >= 11 is -0.159. The zero-order valence-corrected chi connectivity index (χ0v) is 22.5. The van der Waals surface area contributed by atoms with Gasteiger partial charge in [0.25, 0.3) is 0 Å². The van der Waals surface area contributed by atoms with E-state index in [9.17, 15) is 0 Å². The van der Waals surface area contributed by atoms with Crippen molar-refractivity contribution in [3.8, 4) is 0 Å². The number of hydrogen-bond donors (Lipinski definition) is 0. The minimum Gasteiger partial charge on any atom is -0.168 e. The van der Waals surface area contributed by atoms with E-state index in [1.807, 2.05) is 0 Å². The molecule has 0 bridgehead atoms. The molecule has 0 spiro atoms. The van der Waals surface area contributed by atoms with Crippen LogP contribution in [0.4, 0.5) is 0 Å². The van der Waals surface area contributed by atoms with Gasteiger partial charge in [-0.05, 0) is 0 Å². The third-order valence-electron chi connectivity index (χ3n) is 3.10. The van der Waals surface area contributed by atoms with Gasteiger partial charge in [0.15, 0.2) is 0 Å². The van der Waals surface area contributed by atoms with Gasteiger partial charge in [0, 0.05) is 0 Å². The molecule has 4 aromatic rings. The van der Waals surface area contributed by atoms with E-state index in [1.54, 1.807) is 0 Å². The van der Waals surface area contributed by atoms with Gasteiger partial charge in [-0.1, -0.05) is 12.1 Å². The predicted molar refractivity (Wildman–Crippen MR) is 131 cm³/mol. The fraction of sp³-hybridized carbons (Fsp3) is 0. The molecule has 0 heterocycles. The fourth-order valence-corrected chi connectivity index (χ4v) is 2.14. The SMILES string of the molecule is Cl.Cl.[CH3-].[CH3-].[CH3-].[CH3-].[Si]=[Zr]=[Si].c1ccc2[cH-]ccc2c1.c1ccc2[cH-]ccc2c1. The summed E-state index contributed by atoms with van der Waals surface area (Å²) in [5.41, 5.74) is 0. The summed E-state index contributed by atoms with van der Waals surface area (Å²) in [4.78, 5) is 0. The molecule has 4 radical (unpaired) electrons. The molecule has 0 aliphatic heterocycles. The minimum absolute atomic E-state index is 0. The molecule has 0 unspecified atom stereocenters. The Bertz CT molecular complexity index is 721. The fourth-order valence-electron chi connectivity index (χ4n) is 2.14. The van der Waals surface area contributed by atoms with E-state index in [4.69, 9.17) is 0 Å². The monoisotopic (exact) mass is 508 g/mol. The van der Waals surface area contributed by atoms with Gasteiger partial charge in [-0.25, -0.2) is 0 Å². The van der Waals surface area contributed by atoms with Gasteiger partial charge in [-0.3, -0.25) is 0 Å². The molecule has 4 rings (SSSR count). The molecule has 0 saturated carbocycles. The van der Waals surface area contributed by atoms with Crippen LogP contribution in [-0.4, -0.2) is 13.8 Å². The Morgan fingerprint density at radius 3 is 1.15 bits per heavy atom. The molecular formula is C22H28Cl2Si2Zr-6. The van der Waals surface area contributed by atoms with Crippen molar-refractivity contribution in [1.29, 1.82) is 0 Å². The maximum absolute atomic E-state index is 3.27. The smallest absolute Gasteiger partial charge is 0.0809 e. The van der Waals surface area contributed by atoms with E-state index in [1.165, 1.54) is 21.5 Å². The van der Waals surface area contributed by atoms with Crippen LogP contribution in [0.15, 0.2) is 84.9 Å². The van der Waals surface area contributed by atoms with Gasteiger partial charge < -0.3 is 29.7 Å². The molecule has 4 aromatic carbocycles. The Kier molecular flexibility index (Phi) is 30.2. The molecular weight excluding hydrogens is 483 g/mol. The van der Waals surface area contributed by atoms with Gasteiger partial charge in [0.05, 0.1) is 0 Å². The molecule has 0 amide bonds. The van der Waals surface area contributed by atoms with Crippen molar-refractivity contribution in [2.75, 3.05) is 0 Å². The van der Waals surface area contributed by atoms with Crippen molar-refractivity contribution in [1.82, 2.24) is 0 Å². The van der Waals surface area contributed by atoms with Crippen molar-refractivity contribution in [2.24, 2.45) is 0 Å². The molecule has 0 aromatic heterocycles. The summed E-state index contributed by atoms with van der Waals surface area (Å²) in [6.45, 7) is 6.53. The van der Waals surface area contributed by atoms with E-state index in [-0.39, 0.29) is 75.0 Å². The summed E-state index contributed by atoms with van der Waals surface area (Å²) in [7, 11) is 0. The topological polar surface area (TPSA) is 0 Å². The van der Waals surface area contributed by atoms with Crippen molar-refractivity contribution in [3.63, 3.8) is 0 Å². The molecule has 0 aliphatic rings. The Labute approximate surface area is 194 Å². The number of hydrogen-bond acceptors (Lipinski definition) is 0. The van der Waals surface area contributed by atoms with Gasteiger partial charge in [-0.15, -0.1) is 84.1 Å². The largest absolute Gasteiger partial charge is 0.168 e. The minimum atomic E-state index is -0.159. The van der Waals surface area contributed by atoms with Gasteiger partial charge in [0.1, 0.15) is 0 Å². The summed E-state index contributed by atoms with van der Waals surface area (Å²) < 4.78 is 0. The van der Waals surface area contributed by atoms with Crippen LogP contribution in [-0.2, 0) is 20.5 Å². The van der Waals surface area contributed by atoms with Crippen molar-refractivity contribution in [2.45, 2.75) is 0 Å². The van der Waals surface area contributed by atoms with Crippen LogP contribution in [0.1, 0.15) is 0 Å². The molecule has 0 saturated heterocycles. The summed E-state index contributed by atoms with van der Waals surface area (Å²) in [5, 5.41) is 5.32. The number of rotatable bonds is 0. The van der Waals surface area contributed by atoms with Crippen molar-refractivity contribution in [3.05, 3.63) is 115 Å². The summed E-state index contributed by atoms with van der Waals surface area (Å²) in [5.74, 6) is 0. The maximum atomic E-state index is 3.27. The first-order valence-corrected chi connectivity index (χ1v) is 15.0. The average molecular weight is 511 g/mol. The molecule has 5 heteroatoms. The van der Waals surface area contributed by atoms with Crippen LogP contribution in [0.2, 0.25) is 0 Å². The average Bonchev–Trinajstić information content (AvgIpc) is 3.17. The molecule has 0 atom stereocenters. The zero-order valence-electron chi connectivity index (χ0n) is 16.4. The quantitative estimate of drug-likeness (QED) is 0.177. The molecule has 0 N–H and O–H groups in total. The standard InChI is InChI=1S/2C9H7.4CH3.2ClH.2Si.Zr/c2*1-2-5-9-7-3-6-8(9)4-1;;;;;;;;;/h2*1-7H;4*1H3;2*1H;;;/q6*-1;;;;;. The first-order valence-electron chi connectivity index (χ1n) is 6.64. The Morgan fingerprint density at radius 1 is 0.556 bits per heavy atom. The van der Waals surface area contributed by atoms with Crippen LogP contribution in [0.5, 0.6) is 0 Å². The van der Waals surface area contributed by atoms with Crippen LogP contribution < -0.4 is 0 Å². The van der Waals surface area contributed by atoms with Crippen LogP contribution in [0.3, 0.4) is 0 Å². The number of halogens is 2. The number of fused-ring (bicyclic) bond motifs is 2. The second-order valence-corrected chi connectivity index (χ2v) is 11.0. The van der Waals surface area contributed by atoms with E-state index in [2.05, 4.69) is 98.7 Å². The molecule has 0 aliphatic carbocycles.